The molecule has 0 saturated heterocycles. The third-order valence-corrected chi connectivity index (χ3v) is 2.26. The van der Waals surface area contributed by atoms with Gasteiger partial charge in [-0.1, -0.05) is 6.92 Å². The average molecular weight is 233 g/mol. The zero-order valence-electron chi connectivity index (χ0n) is 9.93. The van der Waals surface area contributed by atoms with Crippen LogP contribution in [0.4, 0.5) is 5.82 Å². The maximum Gasteiger partial charge on any atom is 0.219 e. The monoisotopic (exact) mass is 233 g/mol. The van der Waals surface area contributed by atoms with Gasteiger partial charge < -0.3 is 14.5 Å². The molecule has 0 bridgehead atoms. The Kier molecular flexibility index (Phi) is 3.59. The first kappa shape index (κ1) is 11.4. The van der Waals surface area contributed by atoms with E-state index in [1.54, 1.807) is 12.3 Å². The van der Waals surface area contributed by atoms with E-state index >= 15 is 0 Å². The van der Waals surface area contributed by atoms with Gasteiger partial charge in [0.15, 0.2) is 0 Å². The molecule has 0 saturated carbocycles. The van der Waals surface area contributed by atoms with E-state index in [4.69, 9.17) is 9.15 Å². The molecule has 0 amide bonds. The first-order valence-corrected chi connectivity index (χ1v) is 5.52. The Morgan fingerprint density at radius 2 is 2.29 bits per heavy atom. The van der Waals surface area contributed by atoms with Gasteiger partial charge in [-0.25, -0.2) is 4.98 Å². The molecule has 2 aromatic heterocycles. The summed E-state index contributed by atoms with van der Waals surface area (Å²) in [6.07, 6.45) is 2.39. The summed E-state index contributed by atoms with van der Waals surface area (Å²) >= 11 is 0. The van der Waals surface area contributed by atoms with Crippen molar-refractivity contribution in [3.8, 4) is 5.88 Å². The zero-order valence-corrected chi connectivity index (χ0v) is 9.93. The lowest BCUT2D eigenvalue weighted by molar-refractivity contribution is 0.259. The van der Waals surface area contributed by atoms with Crippen LogP contribution in [0.15, 0.2) is 28.9 Å². The van der Waals surface area contributed by atoms with Crippen molar-refractivity contribution in [1.29, 1.82) is 0 Å². The molecule has 90 valence electrons. The van der Waals surface area contributed by atoms with Crippen LogP contribution in [0.5, 0.6) is 5.88 Å². The van der Waals surface area contributed by atoms with Gasteiger partial charge in [-0.05, 0) is 12.1 Å². The molecule has 2 aromatic rings. The number of nitrogens with zero attached hydrogens (tertiary/aromatic N) is 2. The van der Waals surface area contributed by atoms with E-state index in [-0.39, 0.29) is 0 Å². The van der Waals surface area contributed by atoms with Gasteiger partial charge in [0.05, 0.1) is 6.26 Å². The van der Waals surface area contributed by atoms with Crippen molar-refractivity contribution in [3.63, 3.8) is 0 Å². The molecule has 0 aliphatic carbocycles. The van der Waals surface area contributed by atoms with Crippen LogP contribution in [-0.4, -0.2) is 17.0 Å². The van der Waals surface area contributed by atoms with Crippen LogP contribution in [0.1, 0.15) is 18.5 Å². The fraction of sp³-hybridized carbons (Fsp3) is 0.333. The number of rotatable bonds is 5. The molecular weight excluding hydrogens is 218 g/mol. The second kappa shape index (κ2) is 5.34. The largest absolute Gasteiger partial charge is 0.469 e. The second-order valence-electron chi connectivity index (χ2n) is 3.48. The van der Waals surface area contributed by atoms with Crippen LogP contribution in [0.3, 0.4) is 0 Å². The van der Waals surface area contributed by atoms with Crippen LogP contribution in [-0.2, 0) is 13.0 Å². The lowest BCUT2D eigenvalue weighted by Gasteiger charge is -2.07. The van der Waals surface area contributed by atoms with E-state index in [1.165, 1.54) is 0 Å². The van der Waals surface area contributed by atoms with Crippen molar-refractivity contribution in [2.45, 2.75) is 20.0 Å². The Balaban J connectivity index is 2.09. The Labute approximate surface area is 99.8 Å². The highest BCUT2D eigenvalue weighted by molar-refractivity contribution is 5.37. The first-order chi connectivity index (χ1) is 8.31. The lowest BCUT2D eigenvalue weighted by atomic mass is 10.4. The van der Waals surface area contributed by atoms with Crippen LogP contribution in [0.2, 0.25) is 0 Å². The highest BCUT2D eigenvalue weighted by Crippen LogP contribution is 2.15. The van der Waals surface area contributed by atoms with Crippen molar-refractivity contribution in [1.82, 2.24) is 9.97 Å². The highest BCUT2D eigenvalue weighted by atomic mass is 16.5. The molecular formula is C12H15N3O2. The zero-order chi connectivity index (χ0) is 12.1. The number of ether oxygens (including phenoxy) is 1. The molecule has 0 spiro atoms. The third kappa shape index (κ3) is 2.96. The number of nitrogens with one attached hydrogen (secondary N) is 1. The Morgan fingerprint density at radius 1 is 1.41 bits per heavy atom. The van der Waals surface area contributed by atoms with Crippen LogP contribution in [0.25, 0.3) is 0 Å². The summed E-state index contributed by atoms with van der Waals surface area (Å²) in [5, 5.41) is 2.98. The normalized spacial score (nSPS) is 10.2. The molecule has 5 heteroatoms. The molecule has 1 N–H and O–H groups in total. The minimum Gasteiger partial charge on any atom is -0.469 e. The molecule has 0 aromatic carbocycles. The van der Waals surface area contributed by atoms with Gasteiger partial charge in [-0.3, -0.25) is 0 Å². The molecule has 2 rings (SSSR count). The summed E-state index contributed by atoms with van der Waals surface area (Å²) in [5.41, 5.74) is 0. The summed E-state index contributed by atoms with van der Waals surface area (Å²) in [5.74, 6) is 2.84. The van der Waals surface area contributed by atoms with E-state index < -0.39 is 0 Å². The minimum atomic E-state index is 0.371. The van der Waals surface area contributed by atoms with E-state index in [1.807, 2.05) is 26.1 Å². The standard InChI is InChI=1S/C12H15N3O2/c1-3-10-14-11(13-2)7-12(15-10)17-8-9-5-4-6-16-9/h4-7H,3,8H2,1-2H3,(H,13,14,15). The van der Waals surface area contributed by atoms with Crippen molar-refractivity contribution in [3.05, 3.63) is 36.0 Å². The molecule has 0 radical (unpaired) electrons. The fourth-order valence-electron chi connectivity index (χ4n) is 1.37. The first-order valence-electron chi connectivity index (χ1n) is 5.52. The summed E-state index contributed by atoms with van der Waals surface area (Å²) in [6.45, 7) is 2.38. The van der Waals surface area contributed by atoms with Gasteiger partial charge in [0.1, 0.15) is 24.0 Å². The SMILES string of the molecule is CCc1nc(NC)cc(OCc2ccco2)n1. The van der Waals surface area contributed by atoms with Crippen molar-refractivity contribution in [2.24, 2.45) is 0 Å². The predicted molar refractivity (Wildman–Crippen MR) is 64.0 cm³/mol. The Morgan fingerprint density at radius 3 is 2.94 bits per heavy atom. The quantitative estimate of drug-likeness (QED) is 0.858. The van der Waals surface area contributed by atoms with Crippen LogP contribution in [0, 0.1) is 0 Å². The summed E-state index contributed by atoms with van der Waals surface area (Å²) in [6, 6.07) is 5.46. The number of hydrogen-bond acceptors (Lipinski definition) is 5. The average Bonchev–Trinajstić information content (AvgIpc) is 2.89. The molecule has 0 fully saturated rings. The van der Waals surface area contributed by atoms with Crippen molar-refractivity contribution in [2.75, 3.05) is 12.4 Å². The number of aryl methyl sites for hydroxylation is 1. The van der Waals surface area contributed by atoms with Crippen LogP contribution < -0.4 is 10.1 Å². The van der Waals surface area contributed by atoms with Crippen LogP contribution >= 0.6 is 0 Å². The number of furan rings is 1. The molecule has 0 atom stereocenters. The maximum absolute atomic E-state index is 5.55. The minimum absolute atomic E-state index is 0.371. The molecule has 5 nitrogen and oxygen atoms in total. The second-order valence-corrected chi connectivity index (χ2v) is 3.48. The Hall–Kier alpha value is -2.04. The molecule has 17 heavy (non-hydrogen) atoms. The molecule has 0 unspecified atom stereocenters. The van der Waals surface area contributed by atoms with Gasteiger partial charge >= 0.3 is 0 Å². The Bertz CT molecular complexity index is 446. The molecule has 0 aliphatic heterocycles. The van der Waals surface area contributed by atoms with Gasteiger partial charge in [0.2, 0.25) is 5.88 Å². The summed E-state index contributed by atoms with van der Waals surface area (Å²) in [7, 11) is 1.82. The fourth-order valence-corrected chi connectivity index (χ4v) is 1.37. The lowest BCUT2D eigenvalue weighted by Crippen LogP contribution is -2.03. The topological polar surface area (TPSA) is 60.2 Å². The predicted octanol–water partition coefficient (Wildman–Crippen LogP) is 2.25. The van der Waals surface area contributed by atoms with E-state index in [9.17, 15) is 0 Å². The molecule has 0 aliphatic rings. The van der Waals surface area contributed by atoms with Gasteiger partial charge in [0.25, 0.3) is 0 Å². The summed E-state index contributed by atoms with van der Waals surface area (Å²) in [4.78, 5) is 8.57. The van der Waals surface area contributed by atoms with E-state index in [0.29, 0.717) is 12.5 Å². The third-order valence-electron chi connectivity index (χ3n) is 2.26. The van der Waals surface area contributed by atoms with Gasteiger partial charge in [-0.15, -0.1) is 0 Å². The number of anilines is 1. The van der Waals surface area contributed by atoms with Gasteiger partial charge in [0, 0.05) is 19.5 Å². The molecule has 2 heterocycles. The maximum atomic E-state index is 5.55. The highest BCUT2D eigenvalue weighted by Gasteiger charge is 2.04. The summed E-state index contributed by atoms with van der Waals surface area (Å²) < 4.78 is 10.7. The van der Waals surface area contributed by atoms with E-state index in [2.05, 4.69) is 15.3 Å². The van der Waals surface area contributed by atoms with Gasteiger partial charge in [-0.2, -0.15) is 4.98 Å². The smallest absolute Gasteiger partial charge is 0.219 e. The number of aromatic nitrogens is 2. The van der Waals surface area contributed by atoms with E-state index in [0.717, 1.165) is 23.8 Å². The van der Waals surface area contributed by atoms with Crippen molar-refractivity contribution < 1.29 is 9.15 Å². The number of hydrogen-bond donors (Lipinski definition) is 1. The van der Waals surface area contributed by atoms with Crippen molar-refractivity contribution >= 4 is 5.82 Å².